The number of para-hydroxylation sites is 1. The molecule has 170 valence electrons. The number of aryl methyl sites for hydroxylation is 1. The molecule has 2 aromatic carbocycles. The van der Waals surface area contributed by atoms with E-state index in [1.807, 2.05) is 55.5 Å². The molecule has 1 unspecified atom stereocenters. The molecule has 0 radical (unpaired) electrons. The standard InChI is InChI=1S/C26H26ClN3O2S/c1-18-11-12-19(15-22(18)27)16-23-25(32)30(20-9-5-4-6-10-20)26(33-23)21(17-28)24(31)29-13-7-2-3-8-14-29/h4-6,9-12,15,23H,2-3,7-8,13-14,16H2,1H3. The maximum atomic E-state index is 13.6. The summed E-state index contributed by atoms with van der Waals surface area (Å²) in [6.45, 7) is 3.23. The van der Waals surface area contributed by atoms with Gasteiger partial charge in [0.05, 0.1) is 5.25 Å². The monoisotopic (exact) mass is 479 g/mol. The summed E-state index contributed by atoms with van der Waals surface area (Å²) in [6.07, 6.45) is 4.52. The van der Waals surface area contributed by atoms with Gasteiger partial charge in [-0.3, -0.25) is 14.5 Å². The third-order valence-electron chi connectivity index (χ3n) is 6.06. The van der Waals surface area contributed by atoms with E-state index in [-0.39, 0.29) is 17.4 Å². The van der Waals surface area contributed by atoms with Crippen molar-refractivity contribution in [1.29, 1.82) is 5.26 Å². The lowest BCUT2D eigenvalue weighted by atomic mass is 10.1. The second-order valence-corrected chi connectivity index (χ2v) is 10.0. The van der Waals surface area contributed by atoms with Crippen molar-refractivity contribution < 1.29 is 9.59 Å². The largest absolute Gasteiger partial charge is 0.338 e. The lowest BCUT2D eigenvalue weighted by Gasteiger charge is -2.23. The van der Waals surface area contributed by atoms with Gasteiger partial charge in [0.2, 0.25) is 5.91 Å². The molecule has 2 amide bonds. The second kappa shape index (κ2) is 10.5. The number of nitrogens with zero attached hydrogens (tertiary/aromatic N) is 3. The smallest absolute Gasteiger partial charge is 0.267 e. The molecule has 2 heterocycles. The number of thioether (sulfide) groups is 1. The highest BCUT2D eigenvalue weighted by Crippen LogP contribution is 2.42. The highest BCUT2D eigenvalue weighted by Gasteiger charge is 2.41. The number of carbonyl (C=O) groups excluding carboxylic acids is 2. The minimum absolute atomic E-state index is 0.0449. The molecule has 7 heteroatoms. The number of amides is 2. The van der Waals surface area contributed by atoms with E-state index in [9.17, 15) is 14.9 Å². The van der Waals surface area contributed by atoms with Gasteiger partial charge in [0.15, 0.2) is 0 Å². The van der Waals surface area contributed by atoms with E-state index < -0.39 is 5.25 Å². The van der Waals surface area contributed by atoms with Gasteiger partial charge < -0.3 is 4.90 Å². The highest BCUT2D eigenvalue weighted by atomic mass is 35.5. The van der Waals surface area contributed by atoms with Crippen LogP contribution in [0.25, 0.3) is 0 Å². The Kier molecular flexibility index (Phi) is 7.42. The fraction of sp³-hybridized carbons (Fsp3) is 0.346. The molecule has 1 atom stereocenters. The maximum Gasteiger partial charge on any atom is 0.267 e. The van der Waals surface area contributed by atoms with Gasteiger partial charge >= 0.3 is 0 Å². The number of halogens is 1. The molecule has 5 nitrogen and oxygen atoms in total. The number of likely N-dealkylation sites (tertiary alicyclic amines) is 1. The van der Waals surface area contributed by atoms with E-state index in [1.54, 1.807) is 9.80 Å². The molecular weight excluding hydrogens is 454 g/mol. The van der Waals surface area contributed by atoms with Crippen LogP contribution in [0.5, 0.6) is 0 Å². The van der Waals surface area contributed by atoms with Crippen LogP contribution in [0.1, 0.15) is 36.8 Å². The van der Waals surface area contributed by atoms with Gasteiger partial charge in [-0.05, 0) is 55.5 Å². The van der Waals surface area contributed by atoms with Crippen molar-refractivity contribution in [3.63, 3.8) is 0 Å². The first kappa shape index (κ1) is 23.4. The SMILES string of the molecule is Cc1ccc(CC2SC(=C(C#N)C(=O)N3CCCCCC3)N(c3ccccc3)C2=O)cc1Cl. The zero-order chi connectivity index (χ0) is 23.4. The van der Waals surface area contributed by atoms with Crippen LogP contribution in [0, 0.1) is 18.3 Å². The first-order chi connectivity index (χ1) is 16.0. The molecule has 0 N–H and O–H groups in total. The lowest BCUT2D eigenvalue weighted by molar-refractivity contribution is -0.126. The number of rotatable bonds is 4. The van der Waals surface area contributed by atoms with Crippen LogP contribution in [-0.4, -0.2) is 35.1 Å². The van der Waals surface area contributed by atoms with Crippen LogP contribution in [0.3, 0.4) is 0 Å². The molecular formula is C26H26ClN3O2S. The average molecular weight is 480 g/mol. The van der Waals surface area contributed by atoms with Gasteiger partial charge in [-0.1, -0.05) is 66.5 Å². The van der Waals surface area contributed by atoms with Gasteiger partial charge in [-0.2, -0.15) is 5.26 Å². The Labute approximate surface area is 204 Å². The first-order valence-electron chi connectivity index (χ1n) is 11.2. The fourth-order valence-electron chi connectivity index (χ4n) is 4.20. The summed E-state index contributed by atoms with van der Waals surface area (Å²) < 4.78 is 0. The molecule has 0 bridgehead atoms. The Morgan fingerprint density at radius 1 is 1.12 bits per heavy atom. The van der Waals surface area contributed by atoms with Gasteiger partial charge in [-0.15, -0.1) is 0 Å². The third-order valence-corrected chi connectivity index (χ3v) is 7.73. The van der Waals surface area contributed by atoms with Gasteiger partial charge in [0.25, 0.3) is 5.91 Å². The first-order valence-corrected chi connectivity index (χ1v) is 12.5. The number of hydrogen-bond acceptors (Lipinski definition) is 4. The number of anilines is 1. The highest BCUT2D eigenvalue weighted by molar-refractivity contribution is 8.05. The molecule has 0 saturated carbocycles. The summed E-state index contributed by atoms with van der Waals surface area (Å²) in [4.78, 5) is 30.2. The Hall–Kier alpha value is -2.75. The second-order valence-electron chi connectivity index (χ2n) is 8.40. The Balaban J connectivity index is 1.71. The molecule has 0 spiro atoms. The normalized spacial score (nSPS) is 20.4. The van der Waals surface area contributed by atoms with Crippen molar-refractivity contribution in [2.45, 2.75) is 44.3 Å². The van der Waals surface area contributed by atoms with E-state index in [2.05, 4.69) is 6.07 Å². The van der Waals surface area contributed by atoms with Crippen molar-refractivity contribution in [3.05, 3.63) is 75.3 Å². The zero-order valence-corrected chi connectivity index (χ0v) is 20.2. The van der Waals surface area contributed by atoms with Crippen LogP contribution in [0.4, 0.5) is 5.69 Å². The maximum absolute atomic E-state index is 13.6. The van der Waals surface area contributed by atoms with Crippen molar-refractivity contribution in [1.82, 2.24) is 4.90 Å². The van der Waals surface area contributed by atoms with E-state index in [0.717, 1.165) is 36.8 Å². The number of hydrogen-bond donors (Lipinski definition) is 0. The van der Waals surface area contributed by atoms with Crippen molar-refractivity contribution >= 4 is 40.9 Å². The van der Waals surface area contributed by atoms with Crippen molar-refractivity contribution in [2.24, 2.45) is 0 Å². The van der Waals surface area contributed by atoms with Crippen LogP contribution < -0.4 is 4.90 Å². The summed E-state index contributed by atoms with van der Waals surface area (Å²) >= 11 is 7.60. The zero-order valence-electron chi connectivity index (χ0n) is 18.6. The molecule has 0 aliphatic carbocycles. The molecule has 4 rings (SSSR count). The van der Waals surface area contributed by atoms with Crippen LogP contribution >= 0.6 is 23.4 Å². The van der Waals surface area contributed by atoms with E-state index >= 15 is 0 Å². The minimum atomic E-state index is -0.445. The van der Waals surface area contributed by atoms with Gasteiger partial charge in [-0.25, -0.2) is 0 Å². The molecule has 2 fully saturated rings. The van der Waals surface area contributed by atoms with Crippen molar-refractivity contribution in [2.75, 3.05) is 18.0 Å². The molecule has 33 heavy (non-hydrogen) atoms. The minimum Gasteiger partial charge on any atom is -0.338 e. The van der Waals surface area contributed by atoms with Gasteiger partial charge in [0.1, 0.15) is 16.7 Å². The number of benzene rings is 2. The predicted octanol–water partition coefficient (Wildman–Crippen LogP) is 5.48. The van der Waals surface area contributed by atoms with E-state index in [0.29, 0.717) is 35.2 Å². The summed E-state index contributed by atoms with van der Waals surface area (Å²) in [5, 5.41) is 10.7. The van der Waals surface area contributed by atoms with Gasteiger partial charge in [0, 0.05) is 23.8 Å². The predicted molar refractivity (Wildman–Crippen MR) is 133 cm³/mol. The molecule has 2 aromatic rings. The third kappa shape index (κ3) is 5.10. The Morgan fingerprint density at radius 2 is 1.82 bits per heavy atom. The number of nitriles is 1. The Morgan fingerprint density at radius 3 is 2.45 bits per heavy atom. The summed E-state index contributed by atoms with van der Waals surface area (Å²) in [6, 6.07) is 17.2. The quantitative estimate of drug-likeness (QED) is 0.430. The Bertz CT molecular complexity index is 1120. The molecule has 0 aromatic heterocycles. The molecule has 2 aliphatic rings. The molecule has 2 aliphatic heterocycles. The van der Waals surface area contributed by atoms with Crippen LogP contribution in [0.2, 0.25) is 5.02 Å². The summed E-state index contributed by atoms with van der Waals surface area (Å²) in [5.41, 5.74) is 2.63. The summed E-state index contributed by atoms with van der Waals surface area (Å²) in [5.74, 6) is -0.413. The van der Waals surface area contributed by atoms with Crippen LogP contribution in [-0.2, 0) is 16.0 Å². The summed E-state index contributed by atoms with van der Waals surface area (Å²) in [7, 11) is 0. The topological polar surface area (TPSA) is 64.4 Å². The molecule has 2 saturated heterocycles. The van der Waals surface area contributed by atoms with Crippen LogP contribution in [0.15, 0.2) is 59.1 Å². The lowest BCUT2D eigenvalue weighted by Crippen LogP contribution is -2.35. The number of carbonyl (C=O) groups is 2. The van der Waals surface area contributed by atoms with E-state index in [1.165, 1.54) is 11.8 Å². The average Bonchev–Trinajstić information content (AvgIpc) is 2.98. The fourth-order valence-corrected chi connectivity index (χ4v) is 5.71. The van der Waals surface area contributed by atoms with E-state index in [4.69, 9.17) is 11.6 Å². The van der Waals surface area contributed by atoms with Crippen molar-refractivity contribution in [3.8, 4) is 6.07 Å².